The molecule has 1 aliphatic rings. The zero-order valence-corrected chi connectivity index (χ0v) is 11.3. The minimum Gasteiger partial charge on any atom is -0.378 e. The van der Waals surface area contributed by atoms with Gasteiger partial charge in [0, 0.05) is 18.6 Å². The second-order valence-corrected chi connectivity index (χ2v) is 7.17. The fourth-order valence-corrected chi connectivity index (χ4v) is 2.74. The first kappa shape index (κ1) is 13.9. The van der Waals surface area contributed by atoms with Crippen LogP contribution in [-0.2, 0) is 14.8 Å². The first-order valence-corrected chi connectivity index (χ1v) is 7.34. The molecule has 16 heavy (non-hydrogen) atoms. The Kier molecular flexibility index (Phi) is 4.34. The second-order valence-electron chi connectivity index (χ2n) is 5.23. The molecule has 1 atom stereocenters. The van der Waals surface area contributed by atoms with Crippen LogP contribution in [0.1, 0.15) is 20.8 Å². The Morgan fingerprint density at radius 3 is 2.56 bits per heavy atom. The highest BCUT2D eigenvalue weighted by Gasteiger charge is 2.30. The Bertz CT molecular complexity index is 321. The molecule has 1 fully saturated rings. The summed E-state index contributed by atoms with van der Waals surface area (Å²) in [4.78, 5) is 0. The summed E-state index contributed by atoms with van der Waals surface area (Å²) in [7, 11) is -3.13. The molecular weight excluding hydrogens is 228 g/mol. The second kappa shape index (κ2) is 5.00. The van der Waals surface area contributed by atoms with Gasteiger partial charge in [-0.1, -0.05) is 0 Å². The third kappa shape index (κ3) is 4.37. The number of nitrogens with zero attached hydrogens (tertiary/aromatic N) is 1. The Morgan fingerprint density at radius 2 is 2.06 bits per heavy atom. The van der Waals surface area contributed by atoms with E-state index in [1.54, 1.807) is 0 Å². The van der Waals surface area contributed by atoms with Crippen LogP contribution in [0.5, 0.6) is 0 Å². The molecule has 0 amide bonds. The van der Waals surface area contributed by atoms with Crippen molar-refractivity contribution in [2.75, 3.05) is 32.6 Å². The molecule has 0 spiro atoms. The predicted molar refractivity (Wildman–Crippen MR) is 63.9 cm³/mol. The highest BCUT2D eigenvalue weighted by molar-refractivity contribution is 7.88. The lowest BCUT2D eigenvalue weighted by Crippen LogP contribution is -2.54. The number of nitrogens with one attached hydrogen (secondary N) is 1. The molecule has 0 radical (unpaired) electrons. The molecule has 0 saturated carbocycles. The Hall–Kier alpha value is -0.170. The van der Waals surface area contributed by atoms with E-state index in [9.17, 15) is 8.42 Å². The van der Waals surface area contributed by atoms with Crippen molar-refractivity contribution in [1.82, 2.24) is 9.62 Å². The average molecular weight is 250 g/mol. The molecule has 1 saturated heterocycles. The van der Waals surface area contributed by atoms with E-state index in [4.69, 9.17) is 4.74 Å². The smallest absolute Gasteiger partial charge is 0.211 e. The van der Waals surface area contributed by atoms with Gasteiger partial charge in [-0.05, 0) is 20.8 Å². The van der Waals surface area contributed by atoms with Gasteiger partial charge in [0.05, 0.1) is 25.5 Å². The minimum atomic E-state index is -3.13. The van der Waals surface area contributed by atoms with E-state index in [-0.39, 0.29) is 11.6 Å². The molecule has 1 N–H and O–H groups in total. The van der Waals surface area contributed by atoms with Crippen LogP contribution in [0, 0.1) is 0 Å². The van der Waals surface area contributed by atoms with Crippen LogP contribution in [0.4, 0.5) is 0 Å². The van der Waals surface area contributed by atoms with Gasteiger partial charge < -0.3 is 10.1 Å². The maximum Gasteiger partial charge on any atom is 0.211 e. The summed E-state index contributed by atoms with van der Waals surface area (Å²) in [6.45, 7) is 8.20. The van der Waals surface area contributed by atoms with Crippen molar-refractivity contribution < 1.29 is 13.2 Å². The number of rotatable bonds is 3. The molecule has 1 rings (SSSR count). The molecule has 1 heterocycles. The molecule has 0 aromatic rings. The third-order valence-corrected chi connectivity index (χ3v) is 3.80. The summed E-state index contributed by atoms with van der Waals surface area (Å²) < 4.78 is 30.0. The van der Waals surface area contributed by atoms with Gasteiger partial charge in [-0.15, -0.1) is 0 Å². The van der Waals surface area contributed by atoms with Crippen LogP contribution in [-0.4, -0.2) is 56.9 Å². The Morgan fingerprint density at radius 1 is 1.44 bits per heavy atom. The standard InChI is InChI=1S/C10H22N2O3S/c1-10(2,3)11-7-9-8-15-6-5-12(9)16(4,13)14/h9,11H,5-8H2,1-4H3/t9-/m0/s1. The SMILES string of the molecule is CC(C)(C)NC[C@H]1COCCN1S(C)(=O)=O. The highest BCUT2D eigenvalue weighted by Crippen LogP contribution is 2.11. The zero-order valence-electron chi connectivity index (χ0n) is 10.5. The van der Waals surface area contributed by atoms with E-state index in [1.807, 2.05) is 0 Å². The van der Waals surface area contributed by atoms with Crippen LogP contribution in [0.3, 0.4) is 0 Å². The first-order chi connectivity index (χ1) is 7.20. The summed E-state index contributed by atoms with van der Waals surface area (Å²) >= 11 is 0. The van der Waals surface area contributed by atoms with Gasteiger partial charge in [0.25, 0.3) is 0 Å². The van der Waals surface area contributed by atoms with Crippen LogP contribution >= 0.6 is 0 Å². The summed E-state index contributed by atoms with van der Waals surface area (Å²) in [6, 6.07) is -0.0945. The molecule has 96 valence electrons. The Balaban J connectivity index is 2.62. The van der Waals surface area contributed by atoms with Crippen molar-refractivity contribution in [1.29, 1.82) is 0 Å². The normalized spacial score (nSPS) is 24.6. The van der Waals surface area contributed by atoms with E-state index in [0.717, 1.165) is 0 Å². The number of morpholine rings is 1. The molecule has 6 heteroatoms. The lowest BCUT2D eigenvalue weighted by molar-refractivity contribution is 0.0311. The molecule has 0 aromatic heterocycles. The summed E-state index contributed by atoms with van der Waals surface area (Å²) in [6.07, 6.45) is 1.25. The number of hydrogen-bond donors (Lipinski definition) is 1. The first-order valence-electron chi connectivity index (χ1n) is 5.50. The summed E-state index contributed by atoms with van der Waals surface area (Å²) in [5.74, 6) is 0. The minimum absolute atomic E-state index is 0.0133. The molecule has 0 unspecified atom stereocenters. The third-order valence-electron chi connectivity index (χ3n) is 2.47. The van der Waals surface area contributed by atoms with Gasteiger partial charge >= 0.3 is 0 Å². The summed E-state index contributed by atoms with van der Waals surface area (Å²) in [5.41, 5.74) is -0.0133. The fourth-order valence-electron chi connectivity index (χ4n) is 1.66. The number of ether oxygens (including phenoxy) is 1. The molecule has 0 bridgehead atoms. The van der Waals surface area contributed by atoms with Crippen molar-refractivity contribution in [2.45, 2.75) is 32.4 Å². The van der Waals surface area contributed by atoms with Crippen molar-refractivity contribution in [2.24, 2.45) is 0 Å². The number of sulfonamides is 1. The van der Waals surface area contributed by atoms with Crippen molar-refractivity contribution in [3.63, 3.8) is 0 Å². The maximum absolute atomic E-state index is 11.6. The molecule has 1 aliphatic heterocycles. The van der Waals surface area contributed by atoms with Gasteiger partial charge in [-0.2, -0.15) is 4.31 Å². The lowest BCUT2D eigenvalue weighted by atomic mass is 10.1. The van der Waals surface area contributed by atoms with Crippen LogP contribution in [0.25, 0.3) is 0 Å². The van der Waals surface area contributed by atoms with Crippen LogP contribution in [0.2, 0.25) is 0 Å². The molecule has 5 nitrogen and oxygen atoms in total. The van der Waals surface area contributed by atoms with Gasteiger partial charge in [0.15, 0.2) is 0 Å². The van der Waals surface area contributed by atoms with Gasteiger partial charge in [-0.3, -0.25) is 0 Å². The monoisotopic (exact) mass is 250 g/mol. The van der Waals surface area contributed by atoms with E-state index in [0.29, 0.717) is 26.3 Å². The van der Waals surface area contributed by atoms with Crippen molar-refractivity contribution >= 4 is 10.0 Å². The van der Waals surface area contributed by atoms with Gasteiger partial charge in [0.2, 0.25) is 10.0 Å². The van der Waals surface area contributed by atoms with E-state index in [1.165, 1.54) is 10.6 Å². The van der Waals surface area contributed by atoms with E-state index < -0.39 is 10.0 Å². The van der Waals surface area contributed by atoms with E-state index in [2.05, 4.69) is 26.1 Å². The van der Waals surface area contributed by atoms with Crippen molar-refractivity contribution in [3.05, 3.63) is 0 Å². The number of hydrogen-bond acceptors (Lipinski definition) is 4. The van der Waals surface area contributed by atoms with Gasteiger partial charge in [0.1, 0.15) is 0 Å². The van der Waals surface area contributed by atoms with Gasteiger partial charge in [-0.25, -0.2) is 8.42 Å². The predicted octanol–water partition coefficient (Wildman–Crippen LogP) is 0.0349. The lowest BCUT2D eigenvalue weighted by Gasteiger charge is -2.35. The summed E-state index contributed by atoms with van der Waals surface area (Å²) in [5, 5.41) is 3.31. The van der Waals surface area contributed by atoms with Crippen LogP contribution < -0.4 is 5.32 Å². The highest BCUT2D eigenvalue weighted by atomic mass is 32.2. The maximum atomic E-state index is 11.6. The average Bonchev–Trinajstić information content (AvgIpc) is 2.12. The molecule has 0 aliphatic carbocycles. The largest absolute Gasteiger partial charge is 0.378 e. The Labute approximate surface area is 98.2 Å². The fraction of sp³-hybridized carbons (Fsp3) is 1.00. The molecular formula is C10H22N2O3S. The van der Waals surface area contributed by atoms with E-state index >= 15 is 0 Å². The van der Waals surface area contributed by atoms with Crippen molar-refractivity contribution in [3.8, 4) is 0 Å². The molecule has 0 aromatic carbocycles. The quantitative estimate of drug-likeness (QED) is 0.768. The topological polar surface area (TPSA) is 58.6 Å². The van der Waals surface area contributed by atoms with Crippen LogP contribution in [0.15, 0.2) is 0 Å². The zero-order chi connectivity index (χ0) is 12.4.